The molecule has 84 valence electrons. The highest BCUT2D eigenvalue weighted by Gasteiger charge is 2.28. The van der Waals surface area contributed by atoms with Crippen LogP contribution in [-0.4, -0.2) is 5.97 Å². The predicted molar refractivity (Wildman–Crippen MR) is 61.2 cm³/mol. The second-order valence-corrected chi connectivity index (χ2v) is 4.14. The molecule has 0 spiro atoms. The van der Waals surface area contributed by atoms with Crippen molar-refractivity contribution in [2.75, 3.05) is 0 Å². The molecule has 0 aromatic rings. The van der Waals surface area contributed by atoms with Gasteiger partial charge in [-0.25, -0.2) is 0 Å². The van der Waals surface area contributed by atoms with Gasteiger partial charge in [-0.15, -0.1) is 6.58 Å². The number of ether oxygens (including phenoxy) is 1. The van der Waals surface area contributed by atoms with Gasteiger partial charge in [0.1, 0.15) is 5.76 Å². The molecule has 0 N–H and O–H groups in total. The van der Waals surface area contributed by atoms with Crippen LogP contribution in [-0.2, 0) is 9.53 Å². The van der Waals surface area contributed by atoms with Gasteiger partial charge in [0.05, 0.1) is 5.92 Å². The maximum Gasteiger partial charge on any atom is 0.314 e. The van der Waals surface area contributed by atoms with E-state index in [0.717, 1.165) is 25.7 Å². The van der Waals surface area contributed by atoms with Crippen LogP contribution < -0.4 is 0 Å². The number of carbonyl (C=O) groups excluding carboxylic acids is 1. The highest BCUT2D eigenvalue weighted by Crippen LogP contribution is 2.27. The quantitative estimate of drug-likeness (QED) is 0.363. The normalized spacial score (nSPS) is 20.4. The van der Waals surface area contributed by atoms with Gasteiger partial charge in [0, 0.05) is 6.42 Å². The Balaban J connectivity index is 2.02. The van der Waals surface area contributed by atoms with E-state index in [2.05, 4.69) is 13.2 Å². The molecule has 1 heterocycles. The van der Waals surface area contributed by atoms with Crippen LogP contribution in [0.5, 0.6) is 0 Å². The number of rotatable bonds is 7. The van der Waals surface area contributed by atoms with Crippen LogP contribution in [0.4, 0.5) is 0 Å². The molecular formula is C13H20O2. The summed E-state index contributed by atoms with van der Waals surface area (Å²) < 4.78 is 4.92. The SMILES string of the molecule is C=CCCCCCCC1CC(=C)OC1=O. The topological polar surface area (TPSA) is 26.3 Å². The number of allylic oxidation sites excluding steroid dienone is 2. The van der Waals surface area contributed by atoms with Crippen molar-refractivity contribution in [1.82, 2.24) is 0 Å². The van der Waals surface area contributed by atoms with E-state index >= 15 is 0 Å². The number of cyclic esters (lactones) is 1. The van der Waals surface area contributed by atoms with E-state index in [-0.39, 0.29) is 11.9 Å². The van der Waals surface area contributed by atoms with Gasteiger partial charge in [-0.05, 0) is 19.3 Å². The van der Waals surface area contributed by atoms with Crippen LogP contribution in [0.3, 0.4) is 0 Å². The van der Waals surface area contributed by atoms with Gasteiger partial charge in [0.2, 0.25) is 0 Å². The molecule has 0 bridgehead atoms. The molecule has 15 heavy (non-hydrogen) atoms. The summed E-state index contributed by atoms with van der Waals surface area (Å²) in [5.74, 6) is 0.639. The Morgan fingerprint density at radius 2 is 2.07 bits per heavy atom. The van der Waals surface area contributed by atoms with Gasteiger partial charge in [0.25, 0.3) is 0 Å². The minimum Gasteiger partial charge on any atom is -0.431 e. The smallest absolute Gasteiger partial charge is 0.314 e. The monoisotopic (exact) mass is 208 g/mol. The number of hydrogen-bond acceptors (Lipinski definition) is 2. The Hall–Kier alpha value is -1.05. The molecule has 0 amide bonds. The zero-order valence-corrected chi connectivity index (χ0v) is 9.34. The summed E-state index contributed by atoms with van der Waals surface area (Å²) in [5.41, 5.74) is 0. The van der Waals surface area contributed by atoms with Gasteiger partial charge < -0.3 is 4.74 Å². The minimum atomic E-state index is -0.0777. The van der Waals surface area contributed by atoms with E-state index in [1.807, 2.05) is 6.08 Å². The molecule has 2 heteroatoms. The number of esters is 1. The van der Waals surface area contributed by atoms with Crippen molar-refractivity contribution < 1.29 is 9.53 Å². The third kappa shape index (κ3) is 4.32. The van der Waals surface area contributed by atoms with Crippen LogP contribution in [0.2, 0.25) is 0 Å². The van der Waals surface area contributed by atoms with Crippen LogP contribution in [0.1, 0.15) is 44.9 Å². The first kappa shape index (κ1) is 12.0. The molecule has 1 fully saturated rings. The lowest BCUT2D eigenvalue weighted by molar-refractivity contribution is -0.139. The molecule has 0 aromatic heterocycles. The fraction of sp³-hybridized carbons (Fsp3) is 0.615. The van der Waals surface area contributed by atoms with Crippen LogP contribution in [0.25, 0.3) is 0 Å². The molecule has 2 nitrogen and oxygen atoms in total. The van der Waals surface area contributed by atoms with Crippen molar-refractivity contribution in [2.24, 2.45) is 5.92 Å². The number of hydrogen-bond donors (Lipinski definition) is 0. The van der Waals surface area contributed by atoms with E-state index < -0.39 is 0 Å². The molecule has 1 atom stereocenters. The van der Waals surface area contributed by atoms with Crippen molar-refractivity contribution in [3.8, 4) is 0 Å². The fourth-order valence-electron chi connectivity index (χ4n) is 1.88. The Labute approximate surface area is 92.0 Å². The maximum atomic E-state index is 11.3. The average molecular weight is 208 g/mol. The summed E-state index contributed by atoms with van der Waals surface area (Å²) in [6.45, 7) is 7.36. The third-order valence-corrected chi connectivity index (χ3v) is 2.76. The molecule has 1 aliphatic heterocycles. The molecular weight excluding hydrogens is 188 g/mol. The van der Waals surface area contributed by atoms with Crippen LogP contribution >= 0.6 is 0 Å². The van der Waals surface area contributed by atoms with E-state index in [1.165, 1.54) is 19.3 Å². The van der Waals surface area contributed by atoms with Gasteiger partial charge in [-0.1, -0.05) is 31.9 Å². The Kier molecular flexibility index (Phi) is 5.16. The van der Waals surface area contributed by atoms with Crippen LogP contribution in [0, 0.1) is 5.92 Å². The van der Waals surface area contributed by atoms with Crippen molar-refractivity contribution in [1.29, 1.82) is 0 Å². The maximum absolute atomic E-state index is 11.3. The third-order valence-electron chi connectivity index (χ3n) is 2.76. The molecule has 0 aromatic carbocycles. The molecule has 1 rings (SSSR count). The summed E-state index contributed by atoms with van der Waals surface area (Å²) in [5, 5.41) is 0. The predicted octanol–water partition coefficient (Wildman–Crippen LogP) is 3.59. The largest absolute Gasteiger partial charge is 0.431 e. The van der Waals surface area contributed by atoms with Gasteiger partial charge in [0.15, 0.2) is 0 Å². The highest BCUT2D eigenvalue weighted by atomic mass is 16.5. The average Bonchev–Trinajstić information content (AvgIpc) is 2.51. The molecule has 0 radical (unpaired) electrons. The number of carbonyl (C=O) groups is 1. The molecule has 0 saturated carbocycles. The summed E-state index contributed by atoms with van der Waals surface area (Å²) >= 11 is 0. The molecule has 1 unspecified atom stereocenters. The Morgan fingerprint density at radius 1 is 1.33 bits per heavy atom. The van der Waals surface area contributed by atoms with Crippen molar-refractivity contribution in [2.45, 2.75) is 44.9 Å². The summed E-state index contributed by atoms with van der Waals surface area (Å²) in [6, 6.07) is 0. The summed E-state index contributed by atoms with van der Waals surface area (Å²) in [7, 11) is 0. The number of unbranched alkanes of at least 4 members (excludes halogenated alkanes) is 4. The lowest BCUT2D eigenvalue weighted by Gasteiger charge is -2.03. The first-order valence-electron chi connectivity index (χ1n) is 5.74. The lowest BCUT2D eigenvalue weighted by atomic mass is 9.99. The molecule has 1 saturated heterocycles. The molecule has 0 aliphatic carbocycles. The van der Waals surface area contributed by atoms with Gasteiger partial charge in [-0.2, -0.15) is 0 Å². The first-order chi connectivity index (χ1) is 7.24. The lowest BCUT2D eigenvalue weighted by Crippen LogP contribution is -2.06. The minimum absolute atomic E-state index is 0.0777. The zero-order chi connectivity index (χ0) is 11.1. The van der Waals surface area contributed by atoms with E-state index in [9.17, 15) is 4.79 Å². The fourth-order valence-corrected chi connectivity index (χ4v) is 1.88. The van der Waals surface area contributed by atoms with Crippen LogP contribution in [0.15, 0.2) is 25.0 Å². The van der Waals surface area contributed by atoms with E-state index in [4.69, 9.17) is 4.74 Å². The summed E-state index contributed by atoms with van der Waals surface area (Å²) in [4.78, 5) is 11.3. The standard InChI is InChI=1S/C13H20O2/c1-3-4-5-6-7-8-9-12-10-11(2)15-13(12)14/h3,12H,1-2,4-10H2. The highest BCUT2D eigenvalue weighted by molar-refractivity contribution is 5.76. The van der Waals surface area contributed by atoms with E-state index in [1.54, 1.807) is 0 Å². The van der Waals surface area contributed by atoms with Gasteiger partial charge >= 0.3 is 5.97 Å². The van der Waals surface area contributed by atoms with E-state index in [0.29, 0.717) is 5.76 Å². The van der Waals surface area contributed by atoms with Crippen molar-refractivity contribution >= 4 is 5.97 Å². The first-order valence-corrected chi connectivity index (χ1v) is 5.74. The second-order valence-electron chi connectivity index (χ2n) is 4.14. The Morgan fingerprint density at radius 3 is 2.67 bits per heavy atom. The van der Waals surface area contributed by atoms with Crippen molar-refractivity contribution in [3.63, 3.8) is 0 Å². The zero-order valence-electron chi connectivity index (χ0n) is 9.34. The Bertz CT molecular complexity index is 243. The second kappa shape index (κ2) is 6.44. The molecule has 1 aliphatic rings. The van der Waals surface area contributed by atoms with Crippen molar-refractivity contribution in [3.05, 3.63) is 25.0 Å². The van der Waals surface area contributed by atoms with Gasteiger partial charge in [-0.3, -0.25) is 4.79 Å². The summed E-state index contributed by atoms with van der Waals surface area (Å²) in [6.07, 6.45) is 9.49.